The van der Waals surface area contributed by atoms with Gasteiger partial charge in [-0.2, -0.15) is 0 Å². The number of carbonyl (C=O) groups is 4. The summed E-state index contributed by atoms with van der Waals surface area (Å²) >= 11 is 0. The normalized spacial score (nSPS) is 19.8. The molecule has 3 fully saturated rings. The third-order valence-corrected chi connectivity index (χ3v) is 7.26. The number of hydrogen-bond donors (Lipinski definition) is 2. The Morgan fingerprint density at radius 1 is 1.06 bits per heavy atom. The van der Waals surface area contributed by atoms with Gasteiger partial charge in [0.05, 0.1) is 5.69 Å². The van der Waals surface area contributed by atoms with E-state index in [9.17, 15) is 14.4 Å². The zero-order valence-electron chi connectivity index (χ0n) is 21.7. The summed E-state index contributed by atoms with van der Waals surface area (Å²) in [5.74, 6) is 0.240. The maximum absolute atomic E-state index is 11.8. The summed E-state index contributed by atoms with van der Waals surface area (Å²) in [6.07, 6.45) is 6.72. The van der Waals surface area contributed by atoms with Gasteiger partial charge >= 0.3 is 6.03 Å². The van der Waals surface area contributed by atoms with Crippen LogP contribution in [-0.2, 0) is 14.4 Å². The van der Waals surface area contributed by atoms with Crippen molar-refractivity contribution < 1.29 is 29.0 Å². The highest BCUT2D eigenvalue weighted by atomic mass is 16.5. The van der Waals surface area contributed by atoms with Gasteiger partial charge in [-0.05, 0) is 89.4 Å². The first-order valence-electron chi connectivity index (χ1n) is 12.5. The molecule has 2 N–H and O–H groups in total. The SMILES string of the molecule is CCN1CCC2(CCN(C)CC2)CC1.Cc1ccc(OCC=O)cc1N1CCC(=O)NC1=O.O=CO. The van der Waals surface area contributed by atoms with E-state index in [1.54, 1.807) is 18.2 Å². The van der Waals surface area contributed by atoms with E-state index in [-0.39, 0.29) is 25.4 Å². The number of rotatable bonds is 5. The summed E-state index contributed by atoms with van der Waals surface area (Å²) in [6, 6.07) is 4.79. The molecule has 3 heterocycles. The number of anilines is 1. The molecule has 3 saturated heterocycles. The molecule has 3 aliphatic heterocycles. The Kier molecular flexibility index (Phi) is 11.8. The van der Waals surface area contributed by atoms with Crippen molar-refractivity contribution in [1.82, 2.24) is 15.1 Å². The van der Waals surface area contributed by atoms with Crippen molar-refractivity contribution in [2.24, 2.45) is 5.41 Å². The molecule has 0 aromatic heterocycles. The number of ether oxygens (including phenoxy) is 1. The van der Waals surface area contributed by atoms with E-state index < -0.39 is 6.03 Å². The fourth-order valence-corrected chi connectivity index (χ4v) is 4.83. The van der Waals surface area contributed by atoms with Crippen LogP contribution in [0.15, 0.2) is 18.2 Å². The number of imide groups is 1. The van der Waals surface area contributed by atoms with Gasteiger partial charge < -0.3 is 19.6 Å². The van der Waals surface area contributed by atoms with Crippen molar-refractivity contribution >= 4 is 30.4 Å². The molecule has 10 nitrogen and oxygen atoms in total. The van der Waals surface area contributed by atoms with Crippen LogP contribution >= 0.6 is 0 Å². The summed E-state index contributed by atoms with van der Waals surface area (Å²) in [6.45, 7) is 10.8. The number of amides is 3. The monoisotopic (exact) mass is 504 g/mol. The largest absolute Gasteiger partial charge is 0.486 e. The standard InChI is InChI=1S/C13H14N2O4.C12H24N2.CH2O2/c1-9-2-3-10(19-7-6-16)8-11(9)15-5-4-12(17)14-13(15)18;1-3-14-10-6-12(7-11-14)4-8-13(2)9-5-12;2-1-3/h2-3,6,8H,4-5,7H2,1H3,(H,14,17,18);3-11H2,1-2H3;1H,(H,2,3). The number of aryl methyl sites for hydroxylation is 1. The molecule has 0 bridgehead atoms. The number of urea groups is 1. The molecule has 1 aromatic rings. The predicted octanol–water partition coefficient (Wildman–Crippen LogP) is 2.53. The van der Waals surface area contributed by atoms with Gasteiger partial charge in [-0.25, -0.2) is 4.79 Å². The van der Waals surface area contributed by atoms with Crippen LogP contribution in [0.5, 0.6) is 5.75 Å². The van der Waals surface area contributed by atoms with Crippen LogP contribution in [0.4, 0.5) is 10.5 Å². The summed E-state index contributed by atoms with van der Waals surface area (Å²) in [5.41, 5.74) is 2.30. The maximum Gasteiger partial charge on any atom is 0.328 e. The van der Waals surface area contributed by atoms with Gasteiger partial charge in [-0.1, -0.05) is 13.0 Å². The average molecular weight is 505 g/mol. The van der Waals surface area contributed by atoms with Gasteiger partial charge in [0.25, 0.3) is 6.47 Å². The highest BCUT2D eigenvalue weighted by Gasteiger charge is 2.36. The molecule has 36 heavy (non-hydrogen) atoms. The first kappa shape index (κ1) is 29.3. The number of likely N-dealkylation sites (tertiary alicyclic amines) is 2. The van der Waals surface area contributed by atoms with Crippen LogP contribution in [0, 0.1) is 12.3 Å². The van der Waals surface area contributed by atoms with Gasteiger partial charge in [0.15, 0.2) is 6.29 Å². The van der Waals surface area contributed by atoms with Crippen molar-refractivity contribution in [1.29, 1.82) is 0 Å². The Bertz CT molecular complexity index is 875. The second kappa shape index (κ2) is 14.5. The van der Waals surface area contributed by atoms with Crippen molar-refractivity contribution in [2.75, 3.05) is 57.8 Å². The Hall–Kier alpha value is -2.98. The van der Waals surface area contributed by atoms with Gasteiger partial charge in [-0.3, -0.25) is 24.6 Å². The summed E-state index contributed by atoms with van der Waals surface area (Å²) in [7, 11) is 2.26. The van der Waals surface area contributed by atoms with Crippen LogP contribution in [-0.4, -0.2) is 92.5 Å². The average Bonchev–Trinajstić information content (AvgIpc) is 2.87. The highest BCUT2D eigenvalue weighted by molar-refractivity contribution is 6.06. The van der Waals surface area contributed by atoms with Gasteiger partial charge in [0.2, 0.25) is 5.91 Å². The molecule has 200 valence electrons. The molecular formula is C26H40N4O6. The molecular weight excluding hydrogens is 464 g/mol. The number of benzene rings is 1. The van der Waals surface area contributed by atoms with Crippen molar-refractivity contribution in [2.45, 2.75) is 46.0 Å². The van der Waals surface area contributed by atoms with E-state index >= 15 is 0 Å². The van der Waals surface area contributed by atoms with E-state index in [1.165, 1.54) is 63.3 Å². The smallest absolute Gasteiger partial charge is 0.328 e. The minimum Gasteiger partial charge on any atom is -0.486 e. The minimum absolute atomic E-state index is 0.0345. The number of hydrogen-bond acceptors (Lipinski definition) is 7. The van der Waals surface area contributed by atoms with Crippen LogP contribution in [0.1, 0.15) is 44.6 Å². The molecule has 0 radical (unpaired) electrons. The van der Waals surface area contributed by atoms with Gasteiger partial charge in [0, 0.05) is 19.0 Å². The second-order valence-corrected chi connectivity index (χ2v) is 9.52. The Balaban J connectivity index is 0.000000237. The molecule has 1 aromatic carbocycles. The molecule has 0 unspecified atom stereocenters. The van der Waals surface area contributed by atoms with Crippen LogP contribution in [0.2, 0.25) is 0 Å². The van der Waals surface area contributed by atoms with E-state index in [0.717, 1.165) is 11.0 Å². The lowest BCUT2D eigenvalue weighted by Gasteiger charge is -2.46. The lowest BCUT2D eigenvalue weighted by atomic mass is 9.71. The lowest BCUT2D eigenvalue weighted by Crippen LogP contribution is -2.49. The number of carbonyl (C=O) groups excluding carboxylic acids is 3. The Labute approximate surface area is 213 Å². The number of piperidine rings is 2. The molecule has 1 spiro atoms. The predicted molar refractivity (Wildman–Crippen MR) is 137 cm³/mol. The highest BCUT2D eigenvalue weighted by Crippen LogP contribution is 2.40. The Morgan fingerprint density at radius 3 is 2.22 bits per heavy atom. The van der Waals surface area contributed by atoms with E-state index in [0.29, 0.717) is 24.3 Å². The summed E-state index contributed by atoms with van der Waals surface area (Å²) in [4.78, 5) is 48.1. The molecule has 4 rings (SSSR count). The fraction of sp³-hybridized carbons (Fsp3) is 0.615. The third-order valence-electron chi connectivity index (χ3n) is 7.26. The third kappa shape index (κ3) is 8.60. The van der Waals surface area contributed by atoms with Crippen LogP contribution < -0.4 is 15.0 Å². The van der Waals surface area contributed by atoms with E-state index in [2.05, 4.69) is 29.1 Å². The van der Waals surface area contributed by atoms with Crippen molar-refractivity contribution in [3.05, 3.63) is 23.8 Å². The summed E-state index contributed by atoms with van der Waals surface area (Å²) < 4.78 is 5.20. The number of carboxylic acid groups (broad SMARTS) is 1. The van der Waals surface area contributed by atoms with Crippen LogP contribution in [0.3, 0.4) is 0 Å². The molecule has 3 aliphatic rings. The fourth-order valence-electron chi connectivity index (χ4n) is 4.83. The molecule has 3 amide bonds. The summed E-state index contributed by atoms with van der Waals surface area (Å²) in [5, 5.41) is 9.16. The van der Waals surface area contributed by atoms with Gasteiger partial charge in [-0.15, -0.1) is 0 Å². The molecule has 10 heteroatoms. The molecule has 0 saturated carbocycles. The first-order valence-corrected chi connectivity index (χ1v) is 12.5. The number of nitrogens with one attached hydrogen (secondary N) is 1. The molecule has 0 aliphatic carbocycles. The van der Waals surface area contributed by atoms with Gasteiger partial charge in [0.1, 0.15) is 12.4 Å². The topological polar surface area (TPSA) is 119 Å². The first-order chi connectivity index (χ1) is 17.3. The molecule has 0 atom stereocenters. The lowest BCUT2D eigenvalue weighted by molar-refractivity contribution is -0.123. The van der Waals surface area contributed by atoms with E-state index in [4.69, 9.17) is 14.6 Å². The number of nitrogens with zero attached hydrogens (tertiary/aromatic N) is 3. The Morgan fingerprint density at radius 2 is 1.67 bits per heavy atom. The van der Waals surface area contributed by atoms with Crippen LogP contribution in [0.25, 0.3) is 0 Å². The quantitative estimate of drug-likeness (QED) is 0.587. The maximum atomic E-state index is 11.8. The minimum atomic E-state index is -0.438. The number of aldehydes is 1. The van der Waals surface area contributed by atoms with Crippen molar-refractivity contribution in [3.8, 4) is 5.75 Å². The van der Waals surface area contributed by atoms with Crippen molar-refractivity contribution in [3.63, 3.8) is 0 Å². The zero-order valence-corrected chi connectivity index (χ0v) is 21.7. The zero-order chi connectivity index (χ0) is 26.6. The second-order valence-electron chi connectivity index (χ2n) is 9.52. The van der Waals surface area contributed by atoms with E-state index in [1.807, 2.05) is 6.92 Å².